The van der Waals surface area contributed by atoms with Crippen LogP contribution in [0.5, 0.6) is 5.75 Å². The molecule has 31 nitrogen and oxygen atoms in total. The number of benzene rings is 6. The van der Waals surface area contributed by atoms with E-state index in [1.54, 1.807) is 79.0 Å². The number of carbonyl (C=O) groups excluding carboxylic acids is 9. The fraction of sp³-hybridized carbons (Fsp3) is 0.362. The number of nitrogens with one attached hydrogen (secondary N) is 7. The minimum atomic E-state index is -0.528. The lowest BCUT2D eigenvalue weighted by Crippen LogP contribution is -2.47. The van der Waals surface area contributed by atoms with Crippen LogP contribution in [0.25, 0.3) is 0 Å². The lowest BCUT2D eigenvalue weighted by molar-refractivity contribution is -0.127. The molecule has 0 spiro atoms. The molecule has 2 saturated carbocycles. The van der Waals surface area contributed by atoms with E-state index >= 15 is 0 Å². The maximum absolute atomic E-state index is 13.3. The van der Waals surface area contributed by atoms with Gasteiger partial charge in [-0.1, -0.05) is 55.5 Å². The summed E-state index contributed by atoms with van der Waals surface area (Å²) in [6.07, 6.45) is 14.8. The summed E-state index contributed by atoms with van der Waals surface area (Å²) < 4.78 is 16.3. The van der Waals surface area contributed by atoms with Gasteiger partial charge in [-0.15, -0.1) is 0 Å². The highest BCUT2D eigenvalue weighted by molar-refractivity contribution is 6.08. The molecule has 6 fully saturated rings. The molecule has 10 N–H and O–H groups in total. The number of ketones is 1. The van der Waals surface area contributed by atoms with E-state index in [2.05, 4.69) is 127 Å². The number of aryl methyl sites for hydroxylation is 2. The molecule has 0 bridgehead atoms. The Morgan fingerprint density at radius 3 is 1.48 bits per heavy atom. The van der Waals surface area contributed by atoms with E-state index in [9.17, 15) is 48.3 Å². The number of urea groups is 1. The highest BCUT2D eigenvalue weighted by atomic mass is 16.4. The molecule has 652 valence electrons. The smallest absolute Gasteiger partial charge is 0.314 e. The molecule has 4 aromatic heterocycles. The number of likely N-dealkylation sites (tertiary alicyclic amines) is 1. The zero-order valence-corrected chi connectivity index (χ0v) is 70.8. The van der Waals surface area contributed by atoms with Gasteiger partial charge in [0.15, 0.2) is 46.3 Å². The Kier molecular flexibility index (Phi) is 29.2. The molecule has 10 aromatic rings. The third-order valence-electron chi connectivity index (χ3n) is 22.9. The molecule has 0 atom stereocenters. The number of oxazole rings is 2. The third kappa shape index (κ3) is 23.2. The molecular weight excluding hydrogens is 1590 g/mol. The maximum Gasteiger partial charge on any atom is 0.314 e. The Bertz CT molecular complexity index is 5460. The van der Waals surface area contributed by atoms with Gasteiger partial charge in [-0.25, -0.2) is 19.7 Å². The zero-order chi connectivity index (χ0) is 87.3. The van der Waals surface area contributed by atoms with Crippen LogP contribution in [-0.2, 0) is 11.3 Å². The number of pyridine rings is 1. The summed E-state index contributed by atoms with van der Waals surface area (Å²) in [5.74, 6) is 0.608. The number of aromatic nitrogens is 3. The number of rotatable bonds is 31. The fourth-order valence-corrected chi connectivity index (χ4v) is 15.7. The van der Waals surface area contributed by atoms with Crippen LogP contribution >= 0.6 is 0 Å². The van der Waals surface area contributed by atoms with E-state index in [4.69, 9.17) is 19.0 Å². The second kappa shape index (κ2) is 41.7. The molecule has 31 heteroatoms. The van der Waals surface area contributed by atoms with Crippen LogP contribution in [0.3, 0.4) is 0 Å². The number of anilines is 9. The molecule has 6 aliphatic rings. The SMILES string of the molecule is CCCNC(=O)NCCCNC(=O)c1ccc(N2CCN(c3ccccc3C)CC2)c(NC(=O)c2ccco2)c1.Cc1ccccc1N1CCN(c2ccc(C(=O)NCc3cccc(C(N)=O)c3)cc2NC(=O)c2coc(C3CC3)n2)CC1.O=C(CCCCN1CCCC1=O)c1ccc(N2CCN(c3ncccc3O)CC2)c(NC(=O)c2coc(C3CC3)n2)c1. The largest absolute Gasteiger partial charge is 0.504 e. The van der Waals surface area contributed by atoms with Gasteiger partial charge in [-0.3, -0.25) is 38.4 Å². The number of piperazine rings is 3. The van der Waals surface area contributed by atoms with Crippen LogP contribution in [0.1, 0.15) is 191 Å². The average Bonchev–Trinajstić information content (AvgIpc) is 1.79. The number of amides is 9. The van der Waals surface area contributed by atoms with Gasteiger partial charge in [0.1, 0.15) is 12.5 Å². The number of Topliss-reactive ketones (excluding diaryl/α,β-unsaturated/α-hetero) is 1. The van der Waals surface area contributed by atoms with Gasteiger partial charge in [0.05, 0.1) is 40.4 Å². The number of hydrogen-bond donors (Lipinski definition) is 9. The van der Waals surface area contributed by atoms with Gasteiger partial charge >= 0.3 is 6.03 Å². The van der Waals surface area contributed by atoms with Crippen LogP contribution in [0, 0.1) is 13.8 Å². The van der Waals surface area contributed by atoms with Crippen LogP contribution in [0.2, 0.25) is 0 Å². The molecule has 0 unspecified atom stereocenters. The van der Waals surface area contributed by atoms with Gasteiger partial charge in [-0.2, -0.15) is 0 Å². The normalized spacial score (nSPS) is 15.0. The number of hydrogen-bond acceptors (Lipinski definition) is 22. The standard InChI is InChI=1S/C33H34N6O4.C31H36N6O5.C30H38N6O4/c1-21-5-2-3-8-28(21)38-13-15-39(16-14-38)29-12-11-25(31(41)35-19-22-6-4-7-24(17-22)30(34)40)18-26(29)36-32(42)27-20-43-33(37-27)23-9-10-23;38-26(5-1-2-13-36-14-4-7-28(36)40)22-10-11-25(35-15-17-37(18-16-35)29-27(39)6-3-12-32-29)23(19-22)33-30(41)24-20-42-31(34-24)21-8-9-21;1-3-13-32-30(39)33-15-7-14-31-28(37)23-11-12-26(24(21-23)34-29(38)27-10-6-20-40-27)36-18-16-35(17-19-36)25-9-5-4-8-22(25)2/h2-8,11-12,17-18,20,23H,9-10,13-16,19H2,1H3,(H2,34,40)(H,35,41)(H,36,42);3,6,10-12,19-21,39H,1-2,4-5,7-9,13-18H2,(H,33,41);4-6,8-12,20-21H,3,7,13-19H2,1-2H3,(H,31,37)(H,34,38)(H2,32,33,39). The highest BCUT2D eigenvalue weighted by Gasteiger charge is 2.33. The predicted octanol–water partition coefficient (Wildman–Crippen LogP) is 12.7. The summed E-state index contributed by atoms with van der Waals surface area (Å²) in [4.78, 5) is 142. The van der Waals surface area contributed by atoms with E-state index in [1.165, 1.54) is 41.3 Å². The number of primary amides is 1. The van der Waals surface area contributed by atoms with Crippen molar-refractivity contribution in [1.29, 1.82) is 0 Å². The first-order valence-corrected chi connectivity index (χ1v) is 43.1. The zero-order valence-electron chi connectivity index (χ0n) is 70.8. The van der Waals surface area contributed by atoms with Gasteiger partial charge in [0, 0.05) is 182 Å². The van der Waals surface area contributed by atoms with E-state index in [-0.39, 0.29) is 76.7 Å². The van der Waals surface area contributed by atoms with Crippen molar-refractivity contribution in [3.63, 3.8) is 0 Å². The summed E-state index contributed by atoms with van der Waals surface area (Å²) in [6.45, 7) is 18.3. The Morgan fingerprint density at radius 2 is 0.976 bits per heavy atom. The van der Waals surface area contributed by atoms with Crippen molar-refractivity contribution in [2.45, 2.75) is 110 Å². The number of nitrogens with zero attached hydrogens (tertiary/aromatic N) is 10. The van der Waals surface area contributed by atoms with E-state index in [1.807, 2.05) is 59.2 Å². The molecule has 6 aromatic carbocycles. The van der Waals surface area contributed by atoms with Gasteiger partial charge in [0.25, 0.3) is 29.5 Å². The number of para-hydroxylation sites is 2. The van der Waals surface area contributed by atoms with Crippen molar-refractivity contribution < 1.29 is 61.5 Å². The first kappa shape index (κ1) is 87.4. The molecule has 8 heterocycles. The summed E-state index contributed by atoms with van der Waals surface area (Å²) in [7, 11) is 0. The predicted molar refractivity (Wildman–Crippen MR) is 479 cm³/mol. The molecule has 125 heavy (non-hydrogen) atoms. The Hall–Kier alpha value is -14.0. The summed E-state index contributed by atoms with van der Waals surface area (Å²) in [5, 5.41) is 30.5. The second-order valence-electron chi connectivity index (χ2n) is 32.0. The lowest BCUT2D eigenvalue weighted by atomic mass is 10.0. The number of carbonyl (C=O) groups is 9. The number of aromatic hydroxyl groups is 1. The fourth-order valence-electron chi connectivity index (χ4n) is 15.7. The van der Waals surface area contributed by atoms with Crippen LogP contribution < -0.4 is 72.4 Å². The van der Waals surface area contributed by atoms with Crippen molar-refractivity contribution in [3.05, 3.63) is 245 Å². The quantitative estimate of drug-likeness (QED) is 0.0144. The first-order valence-electron chi connectivity index (χ1n) is 43.1. The molecule has 4 saturated heterocycles. The number of unbranched alkanes of at least 4 members (excludes halogenated alkanes) is 1. The van der Waals surface area contributed by atoms with Crippen LogP contribution in [-0.4, -0.2) is 189 Å². The Balaban J connectivity index is 0.000000152. The van der Waals surface area contributed by atoms with Crippen molar-refractivity contribution in [2.24, 2.45) is 5.73 Å². The van der Waals surface area contributed by atoms with Crippen molar-refractivity contribution >= 4 is 104 Å². The topological polar surface area (TPSA) is 385 Å². The minimum Gasteiger partial charge on any atom is -0.504 e. The molecular formula is C94H108N18O13. The molecule has 16 rings (SSSR count). The second-order valence-corrected chi connectivity index (χ2v) is 32.0. The van der Waals surface area contributed by atoms with E-state index in [0.29, 0.717) is 141 Å². The van der Waals surface area contributed by atoms with Crippen LogP contribution in [0.15, 0.2) is 190 Å². The Labute approximate surface area is 725 Å². The minimum absolute atomic E-state index is 0.00213. The summed E-state index contributed by atoms with van der Waals surface area (Å²) >= 11 is 0. The molecule has 2 aliphatic carbocycles. The summed E-state index contributed by atoms with van der Waals surface area (Å²) in [6, 6.07) is 46.1. The maximum atomic E-state index is 13.3. The van der Waals surface area contributed by atoms with Gasteiger partial charge in [0.2, 0.25) is 11.8 Å². The molecule has 9 amide bonds. The third-order valence-corrected chi connectivity index (χ3v) is 22.9. The number of furan rings is 1. The van der Waals surface area contributed by atoms with E-state index < -0.39 is 11.8 Å². The van der Waals surface area contributed by atoms with Crippen LogP contribution in [0.4, 0.5) is 56.1 Å². The van der Waals surface area contributed by atoms with Gasteiger partial charge in [-0.05, 0) is 191 Å². The van der Waals surface area contributed by atoms with E-state index in [0.717, 1.165) is 126 Å². The monoisotopic (exact) mass is 1700 g/mol. The Morgan fingerprint density at radius 1 is 0.472 bits per heavy atom. The molecule has 0 radical (unpaired) electrons. The average molecular weight is 1700 g/mol. The molecule has 4 aliphatic heterocycles. The lowest BCUT2D eigenvalue weighted by Gasteiger charge is -2.38. The van der Waals surface area contributed by atoms with Crippen molar-refractivity contribution in [3.8, 4) is 5.75 Å². The highest BCUT2D eigenvalue weighted by Crippen LogP contribution is 2.42. The summed E-state index contributed by atoms with van der Waals surface area (Å²) in [5.41, 5.74) is 17.3. The first-order chi connectivity index (χ1) is 60.8. The van der Waals surface area contributed by atoms with Gasteiger partial charge < -0.3 is 95.6 Å². The number of nitrogens with two attached hydrogens (primary N) is 1. The van der Waals surface area contributed by atoms with Crippen molar-refractivity contribution in [2.75, 3.05) is 157 Å². The van der Waals surface area contributed by atoms with Crippen molar-refractivity contribution in [1.82, 2.24) is 41.1 Å².